The molecule has 0 aromatic carbocycles. The molecule has 0 amide bonds. The quantitative estimate of drug-likeness (QED) is 0.405. The zero-order chi connectivity index (χ0) is 16.9. The molecule has 0 nitrogen and oxygen atoms in total. The van der Waals surface area contributed by atoms with E-state index in [2.05, 4.69) is 69.8 Å². The molecular formula is C20H36Cl2SiZr. The number of hydrogen-bond acceptors (Lipinski definition) is 0. The van der Waals surface area contributed by atoms with E-state index < -0.39 is 17.4 Å². The van der Waals surface area contributed by atoms with Crippen LogP contribution in [0.2, 0.25) is 9.26 Å². The van der Waals surface area contributed by atoms with Crippen LogP contribution < -0.4 is 0 Å². The van der Waals surface area contributed by atoms with E-state index in [1.807, 2.05) is 6.56 Å². The van der Waals surface area contributed by atoms with E-state index in [0.717, 1.165) is 0 Å². The van der Waals surface area contributed by atoms with Crippen molar-refractivity contribution >= 4 is 31.7 Å². The molecule has 0 saturated carbocycles. The van der Waals surface area contributed by atoms with Crippen LogP contribution in [-0.4, -0.2) is 6.88 Å². The van der Waals surface area contributed by atoms with Crippen LogP contribution in [0, 0.1) is 11.8 Å². The molecular weight excluding hydrogens is 430 g/mol. The minimum Gasteiger partial charge on any atom is -0.147 e. The molecule has 0 unspecified atom stereocenters. The minimum atomic E-state index is -3.03. The average molecular weight is 467 g/mol. The van der Waals surface area contributed by atoms with Gasteiger partial charge in [-0.25, -0.2) is 0 Å². The summed E-state index contributed by atoms with van der Waals surface area (Å²) in [6, 6.07) is 0. The Morgan fingerprint density at radius 2 is 1.08 bits per heavy atom. The van der Waals surface area contributed by atoms with E-state index in [-0.39, 0.29) is 24.8 Å². The first kappa shape index (κ1) is 24.6. The Balaban J connectivity index is 0.00000264. The second-order valence-corrected chi connectivity index (χ2v) is 37.9. The van der Waals surface area contributed by atoms with Crippen LogP contribution in [0.15, 0.2) is 41.0 Å². The van der Waals surface area contributed by atoms with Crippen LogP contribution in [0.1, 0.15) is 54.4 Å². The van der Waals surface area contributed by atoms with Gasteiger partial charge in [0.25, 0.3) is 0 Å². The van der Waals surface area contributed by atoms with Gasteiger partial charge in [0.05, 0.1) is 0 Å². The van der Waals surface area contributed by atoms with Gasteiger partial charge < -0.3 is 0 Å². The monoisotopic (exact) mass is 464 g/mol. The van der Waals surface area contributed by atoms with Gasteiger partial charge in [-0.05, 0) is 0 Å². The van der Waals surface area contributed by atoms with Crippen LogP contribution >= 0.6 is 24.8 Å². The third-order valence-electron chi connectivity index (χ3n) is 5.59. The van der Waals surface area contributed by atoms with Crippen molar-refractivity contribution in [3.8, 4) is 0 Å². The van der Waals surface area contributed by atoms with Gasteiger partial charge in [-0.1, -0.05) is 0 Å². The molecule has 2 rings (SSSR count). The van der Waals surface area contributed by atoms with Crippen molar-refractivity contribution in [3.05, 3.63) is 41.0 Å². The number of halogens is 2. The Kier molecular flexibility index (Phi) is 8.33. The fourth-order valence-corrected chi connectivity index (χ4v) is 19.5. The Morgan fingerprint density at radius 1 is 0.792 bits per heavy atom. The third kappa shape index (κ3) is 4.48. The Labute approximate surface area is 164 Å². The second-order valence-electron chi connectivity index (χ2n) is 9.20. The van der Waals surface area contributed by atoms with Crippen LogP contribution in [0.3, 0.4) is 0 Å². The standard InChI is InChI=1S/2C9H13.2CH3.2ClH.H2Si.Zr/c2*1-7(2)9-5-4-8(3)6-9;;;;;;/h2*6-7H,4H2,1-3H3;2*1H3;2*1H;1H2;. The van der Waals surface area contributed by atoms with Gasteiger partial charge in [0, 0.05) is 0 Å². The maximum atomic E-state index is 2.69. The zero-order valence-corrected chi connectivity index (χ0v) is 22.3. The fraction of sp³-hybridized carbons (Fsp3) is 0.600. The smallest absolute Gasteiger partial charge is 0.147 e. The summed E-state index contributed by atoms with van der Waals surface area (Å²) in [6.07, 6.45) is 7.48. The molecule has 24 heavy (non-hydrogen) atoms. The predicted molar refractivity (Wildman–Crippen MR) is 115 cm³/mol. The molecule has 0 spiro atoms. The summed E-state index contributed by atoms with van der Waals surface area (Å²) in [4.78, 5) is 0. The molecule has 0 heterocycles. The second kappa shape index (κ2) is 8.12. The molecule has 138 valence electrons. The van der Waals surface area contributed by atoms with Gasteiger partial charge in [-0.3, -0.25) is 0 Å². The Hall–Kier alpha value is 0.640. The number of rotatable bonds is 4. The summed E-state index contributed by atoms with van der Waals surface area (Å²) < 4.78 is 9.11. The van der Waals surface area contributed by atoms with Crippen molar-refractivity contribution in [3.63, 3.8) is 0 Å². The first-order chi connectivity index (χ1) is 9.92. The van der Waals surface area contributed by atoms with Gasteiger partial charge in [0.15, 0.2) is 0 Å². The first-order valence-corrected chi connectivity index (χ1v) is 22.1. The number of allylic oxidation sites excluding steroid dienone is 8. The van der Waals surface area contributed by atoms with Crippen molar-refractivity contribution in [2.24, 2.45) is 11.8 Å². The van der Waals surface area contributed by atoms with Gasteiger partial charge in [-0.15, -0.1) is 24.8 Å². The van der Waals surface area contributed by atoms with Crippen molar-refractivity contribution < 1.29 is 17.4 Å². The fourth-order valence-electron chi connectivity index (χ4n) is 4.27. The maximum Gasteiger partial charge on any atom is -0.147 e. The molecule has 0 aromatic heterocycles. The summed E-state index contributed by atoms with van der Waals surface area (Å²) in [5.41, 5.74) is 6.49. The summed E-state index contributed by atoms with van der Waals surface area (Å²) in [6.45, 7) is 16.5. The van der Waals surface area contributed by atoms with Crippen LogP contribution in [-0.2, 0) is 17.4 Å². The van der Waals surface area contributed by atoms with Crippen LogP contribution in [0.25, 0.3) is 0 Å². The van der Waals surface area contributed by atoms with Gasteiger partial charge in [0.1, 0.15) is 0 Å². The largest absolute Gasteiger partial charge is 0.147 e. The van der Waals surface area contributed by atoms with E-state index in [0.29, 0.717) is 11.8 Å². The molecule has 0 saturated heterocycles. The van der Waals surface area contributed by atoms with Gasteiger partial charge in [0.2, 0.25) is 0 Å². The normalized spacial score (nSPS) is 18.8. The van der Waals surface area contributed by atoms with E-state index >= 15 is 0 Å². The van der Waals surface area contributed by atoms with Crippen LogP contribution in [0.5, 0.6) is 0 Å². The molecule has 0 aliphatic heterocycles. The molecule has 2 aliphatic carbocycles. The molecule has 4 heteroatoms. The molecule has 0 radical (unpaired) electrons. The van der Waals surface area contributed by atoms with Crippen molar-refractivity contribution in [1.82, 2.24) is 0 Å². The van der Waals surface area contributed by atoms with Crippen LogP contribution in [0.4, 0.5) is 0 Å². The molecule has 0 aromatic rings. The van der Waals surface area contributed by atoms with Crippen molar-refractivity contribution in [2.45, 2.75) is 63.6 Å². The molecule has 0 atom stereocenters. The average Bonchev–Trinajstić information content (AvgIpc) is 2.93. The summed E-state index contributed by atoms with van der Waals surface area (Å²) >= 11 is -3.03. The Bertz CT molecular complexity index is 643. The van der Waals surface area contributed by atoms with Gasteiger partial charge in [-0.2, -0.15) is 0 Å². The SMILES string of the molecule is CC1=CC(C(C)C)=[C]([Zr]([CH3])([CH3])(=[SiH2])[C]2=C(C(C)C)C=C(C)C2)C1.Cl.Cl. The summed E-state index contributed by atoms with van der Waals surface area (Å²) in [5, 5.41) is 0. The Morgan fingerprint density at radius 3 is 1.33 bits per heavy atom. The topological polar surface area (TPSA) is 0 Å². The van der Waals surface area contributed by atoms with Crippen molar-refractivity contribution in [1.29, 1.82) is 0 Å². The van der Waals surface area contributed by atoms with Gasteiger partial charge >= 0.3 is 141 Å². The number of hydrogen-bond donors (Lipinski definition) is 0. The first-order valence-electron chi connectivity index (χ1n) is 8.81. The van der Waals surface area contributed by atoms with E-state index in [9.17, 15) is 0 Å². The molecule has 0 N–H and O–H groups in total. The molecule has 0 bridgehead atoms. The maximum absolute atomic E-state index is 3.03. The molecule has 2 aliphatic rings. The summed E-state index contributed by atoms with van der Waals surface area (Å²) in [5.74, 6) is 1.31. The van der Waals surface area contributed by atoms with E-state index in [4.69, 9.17) is 0 Å². The van der Waals surface area contributed by atoms with Crippen molar-refractivity contribution in [2.75, 3.05) is 0 Å². The van der Waals surface area contributed by atoms with E-state index in [1.165, 1.54) is 12.8 Å². The van der Waals surface area contributed by atoms with E-state index in [1.54, 1.807) is 22.3 Å². The predicted octanol–water partition coefficient (Wildman–Crippen LogP) is 6.68. The molecule has 0 fully saturated rings. The third-order valence-corrected chi connectivity index (χ3v) is 22.4. The zero-order valence-electron chi connectivity index (χ0n) is 16.7. The minimum absolute atomic E-state index is 0. The summed E-state index contributed by atoms with van der Waals surface area (Å²) in [7, 11) is 0.